The van der Waals surface area contributed by atoms with Crippen molar-refractivity contribution < 1.29 is 34.5 Å². The zero-order chi connectivity index (χ0) is 38.0. The number of carboxylic acids is 3. The standard InChI is InChI=1S/C18H16N2O.C18H12.C9H6O6/c21-18-16(12-14-4-8-19-9-5-14)2-1-3-17(18)13-15-6-10-20-11-7-15;1-2-8-14-13(7-1)15-9-3-4-11-17(15)18-12-6-5-10-16(14)18;10-7(11)4-1-5(8(12)13)3-6(2-4)9(14)15/h4-13H,1-3H2;1-12H;1-3H,(H,10,11)(H,12,13)(H,14,15)/b16-12+,17-13+;;. The molecule has 0 atom stereocenters. The number of fused-ring (bicyclic) bond motifs is 6. The quantitative estimate of drug-likeness (QED) is 0.117. The Kier molecular flexibility index (Phi) is 11.4. The first-order chi connectivity index (χ1) is 26.2. The Morgan fingerprint density at radius 1 is 0.463 bits per heavy atom. The van der Waals surface area contributed by atoms with E-state index in [0.717, 1.165) is 59.7 Å². The van der Waals surface area contributed by atoms with Crippen LogP contribution in [0.1, 0.15) is 61.5 Å². The van der Waals surface area contributed by atoms with Crippen molar-refractivity contribution in [1.82, 2.24) is 9.97 Å². The number of rotatable bonds is 5. The molecule has 2 heterocycles. The molecule has 266 valence electrons. The van der Waals surface area contributed by atoms with Gasteiger partial charge in [-0.15, -0.1) is 0 Å². The number of aromatic carboxylic acids is 3. The van der Waals surface area contributed by atoms with Crippen LogP contribution in [0.15, 0.2) is 151 Å². The van der Waals surface area contributed by atoms with Gasteiger partial charge in [0, 0.05) is 35.9 Å². The van der Waals surface area contributed by atoms with E-state index >= 15 is 0 Å². The molecule has 3 N–H and O–H groups in total. The molecule has 0 spiro atoms. The number of hydrogen-bond acceptors (Lipinski definition) is 6. The Morgan fingerprint density at radius 3 is 1.00 bits per heavy atom. The van der Waals surface area contributed by atoms with Gasteiger partial charge in [0.25, 0.3) is 0 Å². The van der Waals surface area contributed by atoms with E-state index < -0.39 is 17.9 Å². The van der Waals surface area contributed by atoms with Crippen molar-refractivity contribution in [2.75, 3.05) is 0 Å². The van der Waals surface area contributed by atoms with Crippen molar-refractivity contribution in [2.45, 2.75) is 19.3 Å². The maximum Gasteiger partial charge on any atom is 0.335 e. The van der Waals surface area contributed by atoms with E-state index in [9.17, 15) is 19.2 Å². The van der Waals surface area contributed by atoms with E-state index in [1.165, 1.54) is 32.3 Å². The van der Waals surface area contributed by atoms with Crippen molar-refractivity contribution in [3.63, 3.8) is 0 Å². The van der Waals surface area contributed by atoms with Gasteiger partial charge in [0.15, 0.2) is 5.78 Å². The van der Waals surface area contributed by atoms with Crippen LogP contribution in [0.4, 0.5) is 0 Å². The van der Waals surface area contributed by atoms with Gasteiger partial charge in [0.1, 0.15) is 0 Å². The second-order valence-corrected chi connectivity index (χ2v) is 12.4. The number of allylic oxidation sites excluding steroid dienone is 2. The lowest BCUT2D eigenvalue weighted by Gasteiger charge is -2.16. The van der Waals surface area contributed by atoms with Crippen molar-refractivity contribution >= 4 is 68.2 Å². The Hall–Kier alpha value is -7.26. The molecule has 1 saturated carbocycles. The average Bonchev–Trinajstić information content (AvgIpc) is 3.20. The number of benzene rings is 5. The first kappa shape index (κ1) is 36.5. The molecule has 2 aromatic heterocycles. The Balaban J connectivity index is 0.000000140. The second-order valence-electron chi connectivity index (χ2n) is 12.4. The first-order valence-electron chi connectivity index (χ1n) is 17.1. The van der Waals surface area contributed by atoms with Gasteiger partial charge < -0.3 is 15.3 Å². The smallest absolute Gasteiger partial charge is 0.335 e. The Bertz CT molecular complexity index is 2220. The largest absolute Gasteiger partial charge is 0.478 e. The number of carbonyl (C=O) groups excluding carboxylic acids is 1. The van der Waals surface area contributed by atoms with Gasteiger partial charge in [-0.1, -0.05) is 72.8 Å². The van der Waals surface area contributed by atoms with Crippen molar-refractivity contribution in [3.8, 4) is 0 Å². The Labute approximate surface area is 310 Å². The van der Waals surface area contributed by atoms with Crippen LogP contribution in [-0.2, 0) is 4.79 Å². The molecule has 0 saturated heterocycles. The van der Waals surface area contributed by atoms with E-state index in [0.29, 0.717) is 0 Å². The van der Waals surface area contributed by atoms with Crippen LogP contribution < -0.4 is 0 Å². The van der Waals surface area contributed by atoms with Crippen LogP contribution in [0.5, 0.6) is 0 Å². The minimum atomic E-state index is -1.37. The molecule has 8 rings (SSSR count). The molecule has 54 heavy (non-hydrogen) atoms. The molecule has 0 radical (unpaired) electrons. The fourth-order valence-corrected chi connectivity index (χ4v) is 6.36. The highest BCUT2D eigenvalue weighted by Crippen LogP contribution is 2.34. The molecule has 7 aromatic rings. The van der Waals surface area contributed by atoms with Crippen LogP contribution in [0, 0.1) is 0 Å². The molecule has 1 aliphatic rings. The molecule has 0 amide bonds. The number of nitrogens with zero attached hydrogens (tertiary/aromatic N) is 2. The van der Waals surface area contributed by atoms with Crippen LogP contribution in [-0.4, -0.2) is 49.0 Å². The van der Waals surface area contributed by atoms with E-state index in [4.69, 9.17) is 15.3 Å². The first-order valence-corrected chi connectivity index (χ1v) is 17.1. The summed E-state index contributed by atoms with van der Waals surface area (Å²) in [6.07, 6.45) is 13.6. The zero-order valence-electron chi connectivity index (χ0n) is 28.9. The van der Waals surface area contributed by atoms with Gasteiger partial charge in [-0.2, -0.15) is 0 Å². The lowest BCUT2D eigenvalue weighted by molar-refractivity contribution is -0.112. The van der Waals surface area contributed by atoms with Gasteiger partial charge in [0.2, 0.25) is 0 Å². The highest BCUT2D eigenvalue weighted by molar-refractivity contribution is 6.25. The number of aromatic nitrogens is 2. The summed E-state index contributed by atoms with van der Waals surface area (Å²) < 4.78 is 0. The summed E-state index contributed by atoms with van der Waals surface area (Å²) in [5, 5.41) is 33.9. The fourth-order valence-electron chi connectivity index (χ4n) is 6.36. The molecular weight excluding hydrogens is 681 g/mol. The summed E-state index contributed by atoms with van der Waals surface area (Å²) in [5.41, 5.74) is 2.71. The van der Waals surface area contributed by atoms with Crippen molar-refractivity contribution in [2.24, 2.45) is 0 Å². The summed E-state index contributed by atoms with van der Waals surface area (Å²) in [6, 6.07) is 36.3. The Morgan fingerprint density at radius 2 is 0.741 bits per heavy atom. The highest BCUT2D eigenvalue weighted by atomic mass is 16.4. The number of hydrogen-bond donors (Lipinski definition) is 3. The normalized spacial score (nSPS) is 13.9. The van der Waals surface area contributed by atoms with Crippen LogP contribution >= 0.6 is 0 Å². The minimum Gasteiger partial charge on any atom is -0.478 e. The lowest BCUT2D eigenvalue weighted by Crippen LogP contribution is -2.12. The lowest BCUT2D eigenvalue weighted by atomic mass is 9.87. The second kappa shape index (κ2) is 16.8. The van der Waals surface area contributed by atoms with E-state index in [1.807, 2.05) is 36.4 Å². The predicted molar refractivity (Wildman–Crippen MR) is 210 cm³/mol. The number of carboxylic acid groups (broad SMARTS) is 3. The monoisotopic (exact) mass is 714 g/mol. The van der Waals surface area contributed by atoms with Crippen LogP contribution in [0.2, 0.25) is 0 Å². The van der Waals surface area contributed by atoms with Crippen molar-refractivity contribution in [3.05, 3.63) is 179 Å². The number of pyridine rings is 2. The maximum absolute atomic E-state index is 12.6. The molecule has 9 nitrogen and oxygen atoms in total. The number of Topliss-reactive ketones (excluding diaryl/α,β-unsaturated/α-hetero) is 1. The van der Waals surface area contributed by atoms with Gasteiger partial charge in [-0.25, -0.2) is 14.4 Å². The van der Waals surface area contributed by atoms with Crippen LogP contribution in [0.25, 0.3) is 44.5 Å². The van der Waals surface area contributed by atoms with E-state index in [1.54, 1.807) is 24.8 Å². The van der Waals surface area contributed by atoms with Gasteiger partial charge in [0.05, 0.1) is 16.7 Å². The summed E-state index contributed by atoms with van der Waals surface area (Å²) >= 11 is 0. The summed E-state index contributed by atoms with van der Waals surface area (Å²) in [4.78, 5) is 52.3. The summed E-state index contributed by atoms with van der Waals surface area (Å²) in [7, 11) is 0. The van der Waals surface area contributed by atoms with Crippen LogP contribution in [0.3, 0.4) is 0 Å². The van der Waals surface area contributed by atoms with Gasteiger partial charge >= 0.3 is 17.9 Å². The summed E-state index contributed by atoms with van der Waals surface area (Å²) in [5.74, 6) is -3.96. The molecule has 0 bridgehead atoms. The molecule has 0 aliphatic heterocycles. The summed E-state index contributed by atoms with van der Waals surface area (Å²) in [6.45, 7) is 0. The zero-order valence-corrected chi connectivity index (χ0v) is 28.9. The minimum absolute atomic E-state index is 0.162. The number of carbonyl (C=O) groups is 4. The maximum atomic E-state index is 12.6. The van der Waals surface area contributed by atoms with E-state index in [2.05, 4.69) is 82.8 Å². The highest BCUT2D eigenvalue weighted by Gasteiger charge is 2.20. The molecule has 1 fully saturated rings. The molecule has 5 aromatic carbocycles. The average molecular weight is 715 g/mol. The van der Waals surface area contributed by atoms with Gasteiger partial charge in [-0.3, -0.25) is 14.8 Å². The molecular formula is C45H34N2O7. The number of ketones is 1. The van der Waals surface area contributed by atoms with E-state index in [-0.39, 0.29) is 22.5 Å². The molecule has 9 heteroatoms. The third-order valence-electron chi connectivity index (χ3n) is 8.90. The van der Waals surface area contributed by atoms with Gasteiger partial charge in [-0.05, 0) is 117 Å². The van der Waals surface area contributed by atoms with Crippen molar-refractivity contribution in [1.29, 1.82) is 0 Å². The third kappa shape index (κ3) is 8.60. The predicted octanol–water partition coefficient (Wildman–Crippen LogP) is 9.62. The third-order valence-corrected chi connectivity index (χ3v) is 8.90. The SMILES string of the molecule is O=C(O)c1cc(C(=O)O)cc(C(=O)O)c1.O=C1/C(=C/c2ccncc2)CCC/C1=C\c1ccncc1.c1ccc2c(c1)c1ccccc1c1ccccc21. The molecule has 0 unspecified atom stereocenters. The fraction of sp³-hybridized carbons (Fsp3) is 0.0667. The molecule has 1 aliphatic carbocycles. The topological polar surface area (TPSA) is 155 Å².